The van der Waals surface area contributed by atoms with Crippen LogP contribution < -0.4 is 5.32 Å². The Morgan fingerprint density at radius 1 is 1.16 bits per heavy atom. The van der Waals surface area contributed by atoms with Crippen molar-refractivity contribution in [2.45, 2.75) is 64.2 Å². The van der Waals surface area contributed by atoms with Gasteiger partial charge in [0.05, 0.1) is 0 Å². The highest BCUT2D eigenvalue weighted by atomic mass is 16.5. The van der Waals surface area contributed by atoms with Crippen molar-refractivity contribution in [3.63, 3.8) is 0 Å². The first-order valence-corrected chi connectivity index (χ1v) is 7.71. The van der Waals surface area contributed by atoms with Gasteiger partial charge in [0.25, 0.3) is 0 Å². The third-order valence-electron chi connectivity index (χ3n) is 4.97. The zero-order chi connectivity index (χ0) is 13.3. The Bertz CT molecular complexity index is 421. The van der Waals surface area contributed by atoms with E-state index >= 15 is 0 Å². The van der Waals surface area contributed by atoms with E-state index in [1.165, 1.54) is 25.7 Å². The molecule has 0 amide bonds. The van der Waals surface area contributed by atoms with E-state index in [-0.39, 0.29) is 0 Å². The number of nitrogens with zero attached hydrogens (tertiary/aromatic N) is 2. The van der Waals surface area contributed by atoms with Gasteiger partial charge in [-0.1, -0.05) is 31.8 Å². The third-order valence-corrected chi connectivity index (χ3v) is 4.97. The first-order chi connectivity index (χ1) is 9.17. The molecule has 0 spiro atoms. The van der Waals surface area contributed by atoms with Gasteiger partial charge in [0.2, 0.25) is 5.89 Å². The average molecular weight is 263 g/mol. The van der Waals surface area contributed by atoms with Crippen LogP contribution in [0.1, 0.15) is 75.9 Å². The van der Waals surface area contributed by atoms with E-state index in [1.54, 1.807) is 0 Å². The summed E-state index contributed by atoms with van der Waals surface area (Å²) in [6.45, 7) is 6.82. The highest BCUT2D eigenvalue weighted by Gasteiger charge is 2.37. The quantitative estimate of drug-likeness (QED) is 0.890. The smallest absolute Gasteiger partial charge is 0.230 e. The van der Waals surface area contributed by atoms with Crippen molar-refractivity contribution in [1.29, 1.82) is 0 Å². The molecule has 1 aliphatic heterocycles. The van der Waals surface area contributed by atoms with Crippen LogP contribution in [0.25, 0.3) is 0 Å². The van der Waals surface area contributed by atoms with Crippen LogP contribution in [0.3, 0.4) is 0 Å². The molecular formula is C15H25N3O. The van der Waals surface area contributed by atoms with Crippen LogP contribution in [0.5, 0.6) is 0 Å². The molecule has 106 valence electrons. The number of hydrogen-bond acceptors (Lipinski definition) is 4. The molecule has 1 aliphatic carbocycles. The number of aromatic nitrogens is 2. The van der Waals surface area contributed by atoms with Gasteiger partial charge >= 0.3 is 0 Å². The van der Waals surface area contributed by atoms with E-state index in [0.717, 1.165) is 37.6 Å². The Morgan fingerprint density at radius 2 is 1.95 bits per heavy atom. The first kappa shape index (κ1) is 13.1. The molecular weight excluding hydrogens is 238 g/mol. The van der Waals surface area contributed by atoms with Gasteiger partial charge in [0, 0.05) is 11.8 Å². The van der Waals surface area contributed by atoms with Gasteiger partial charge in [0.1, 0.15) is 0 Å². The Hall–Kier alpha value is -0.900. The molecule has 3 rings (SSSR count). The molecule has 2 heterocycles. The molecule has 1 N–H and O–H groups in total. The molecule has 1 atom stereocenters. The van der Waals surface area contributed by atoms with Gasteiger partial charge in [-0.15, -0.1) is 0 Å². The largest absolute Gasteiger partial charge is 0.339 e. The van der Waals surface area contributed by atoms with Crippen LogP contribution in [-0.4, -0.2) is 23.2 Å². The summed E-state index contributed by atoms with van der Waals surface area (Å²) in [5.74, 6) is 2.77. The summed E-state index contributed by atoms with van der Waals surface area (Å²) in [7, 11) is 0. The molecule has 1 saturated carbocycles. The standard InChI is InChI=1S/C15H25N3O/c1-15(2)8-4-3-5-12(15)14-17-13(18-19-14)11-6-9-16-10-7-11/h11-12,16H,3-10H2,1-2H3. The summed E-state index contributed by atoms with van der Waals surface area (Å²) in [6, 6.07) is 0. The maximum absolute atomic E-state index is 5.61. The van der Waals surface area contributed by atoms with Gasteiger partial charge in [-0.25, -0.2) is 0 Å². The molecule has 0 radical (unpaired) electrons. The molecule has 2 aliphatic rings. The fourth-order valence-electron chi connectivity index (χ4n) is 3.59. The Balaban J connectivity index is 1.76. The molecule has 0 aromatic carbocycles. The van der Waals surface area contributed by atoms with Gasteiger partial charge in [-0.05, 0) is 44.2 Å². The van der Waals surface area contributed by atoms with E-state index in [2.05, 4.69) is 24.3 Å². The van der Waals surface area contributed by atoms with E-state index in [0.29, 0.717) is 17.3 Å². The predicted molar refractivity (Wildman–Crippen MR) is 74.1 cm³/mol. The van der Waals surface area contributed by atoms with Crippen LogP contribution in [0.2, 0.25) is 0 Å². The van der Waals surface area contributed by atoms with Crippen molar-refractivity contribution >= 4 is 0 Å². The fourth-order valence-corrected chi connectivity index (χ4v) is 3.59. The lowest BCUT2D eigenvalue weighted by molar-refractivity contribution is 0.164. The Labute approximate surface area is 115 Å². The van der Waals surface area contributed by atoms with Crippen molar-refractivity contribution in [3.05, 3.63) is 11.7 Å². The summed E-state index contributed by atoms with van der Waals surface area (Å²) < 4.78 is 5.61. The number of nitrogens with one attached hydrogen (secondary N) is 1. The summed E-state index contributed by atoms with van der Waals surface area (Å²) >= 11 is 0. The van der Waals surface area contributed by atoms with E-state index in [9.17, 15) is 0 Å². The fraction of sp³-hybridized carbons (Fsp3) is 0.867. The molecule has 1 aromatic heterocycles. The lowest BCUT2D eigenvalue weighted by atomic mass is 9.69. The highest BCUT2D eigenvalue weighted by Crippen LogP contribution is 2.46. The van der Waals surface area contributed by atoms with Crippen LogP contribution in [0, 0.1) is 5.41 Å². The second-order valence-electron chi connectivity index (χ2n) is 6.80. The lowest BCUT2D eigenvalue weighted by Gasteiger charge is -2.36. The normalized spacial score (nSPS) is 28.4. The monoisotopic (exact) mass is 263 g/mol. The zero-order valence-corrected chi connectivity index (χ0v) is 12.1. The topological polar surface area (TPSA) is 51.0 Å². The van der Waals surface area contributed by atoms with Crippen molar-refractivity contribution in [2.75, 3.05) is 13.1 Å². The molecule has 4 heteroatoms. The van der Waals surface area contributed by atoms with Gasteiger partial charge < -0.3 is 9.84 Å². The second kappa shape index (κ2) is 5.23. The van der Waals surface area contributed by atoms with Crippen LogP contribution in [0.4, 0.5) is 0 Å². The highest BCUT2D eigenvalue weighted by molar-refractivity contribution is 5.05. The Kier molecular flexibility index (Phi) is 3.61. The van der Waals surface area contributed by atoms with E-state index in [4.69, 9.17) is 9.51 Å². The molecule has 0 bridgehead atoms. The van der Waals surface area contributed by atoms with Crippen molar-refractivity contribution in [2.24, 2.45) is 5.41 Å². The Morgan fingerprint density at radius 3 is 2.68 bits per heavy atom. The summed E-state index contributed by atoms with van der Waals surface area (Å²) in [5, 5.41) is 7.65. The van der Waals surface area contributed by atoms with Gasteiger partial charge in [0.15, 0.2) is 5.82 Å². The van der Waals surface area contributed by atoms with Crippen molar-refractivity contribution in [1.82, 2.24) is 15.5 Å². The summed E-state index contributed by atoms with van der Waals surface area (Å²) in [6.07, 6.45) is 7.35. The molecule has 1 saturated heterocycles. The average Bonchev–Trinajstić information content (AvgIpc) is 2.88. The molecule has 4 nitrogen and oxygen atoms in total. The van der Waals surface area contributed by atoms with E-state index in [1.807, 2.05) is 0 Å². The SMILES string of the molecule is CC1(C)CCCCC1c1nc(C2CCNCC2)no1. The maximum atomic E-state index is 5.61. The van der Waals surface area contributed by atoms with Crippen molar-refractivity contribution < 1.29 is 4.52 Å². The van der Waals surface area contributed by atoms with Crippen LogP contribution in [-0.2, 0) is 0 Å². The van der Waals surface area contributed by atoms with Gasteiger partial charge in [-0.2, -0.15) is 4.98 Å². The van der Waals surface area contributed by atoms with Gasteiger partial charge in [-0.3, -0.25) is 0 Å². The number of hydrogen-bond donors (Lipinski definition) is 1. The zero-order valence-electron chi connectivity index (χ0n) is 12.1. The summed E-state index contributed by atoms with van der Waals surface area (Å²) in [5.41, 5.74) is 0.302. The third kappa shape index (κ3) is 2.69. The molecule has 2 fully saturated rings. The maximum Gasteiger partial charge on any atom is 0.230 e. The molecule has 1 unspecified atom stereocenters. The first-order valence-electron chi connectivity index (χ1n) is 7.71. The minimum Gasteiger partial charge on any atom is -0.339 e. The molecule has 1 aromatic rings. The lowest BCUT2D eigenvalue weighted by Crippen LogP contribution is -2.27. The minimum absolute atomic E-state index is 0.302. The minimum atomic E-state index is 0.302. The van der Waals surface area contributed by atoms with E-state index < -0.39 is 0 Å². The van der Waals surface area contributed by atoms with Crippen LogP contribution in [0.15, 0.2) is 4.52 Å². The number of rotatable bonds is 2. The summed E-state index contributed by atoms with van der Waals surface area (Å²) in [4.78, 5) is 4.75. The molecule has 19 heavy (non-hydrogen) atoms. The second-order valence-corrected chi connectivity index (χ2v) is 6.80. The predicted octanol–water partition coefficient (Wildman–Crippen LogP) is 3.22. The van der Waals surface area contributed by atoms with Crippen molar-refractivity contribution in [3.8, 4) is 0 Å². The number of piperidine rings is 1. The van der Waals surface area contributed by atoms with Crippen LogP contribution >= 0.6 is 0 Å².